The average molecular weight is 200 g/mol. The summed E-state index contributed by atoms with van der Waals surface area (Å²) in [5.74, 6) is 0.871. The molecule has 6 heteroatoms. The topological polar surface area (TPSA) is 98.0 Å². The molecule has 1 atom stereocenters. The van der Waals surface area contributed by atoms with Crippen LogP contribution in [-0.2, 0) is 0 Å². The molecule has 1 unspecified atom stereocenters. The smallest absolute Gasteiger partial charge is 0.156 e. The lowest BCUT2D eigenvalue weighted by Gasteiger charge is -2.06. The van der Waals surface area contributed by atoms with Gasteiger partial charge in [-0.2, -0.15) is 0 Å². The summed E-state index contributed by atoms with van der Waals surface area (Å²) in [6, 6.07) is 0. The quantitative estimate of drug-likeness (QED) is 0.565. The second kappa shape index (κ2) is 5.00. The van der Waals surface area contributed by atoms with Gasteiger partial charge in [0.15, 0.2) is 5.82 Å². The van der Waals surface area contributed by atoms with Gasteiger partial charge in [-0.05, 0) is 0 Å². The van der Waals surface area contributed by atoms with Crippen LogP contribution in [0, 0.1) is 0 Å². The summed E-state index contributed by atoms with van der Waals surface area (Å²) in [6.45, 7) is 0.243. The average Bonchev–Trinajstić information content (AvgIpc) is 2.16. The van der Waals surface area contributed by atoms with E-state index in [4.69, 9.17) is 11.5 Å². The lowest BCUT2D eigenvalue weighted by Crippen LogP contribution is -2.22. The van der Waals surface area contributed by atoms with Gasteiger partial charge in [0.1, 0.15) is 5.03 Å². The highest BCUT2D eigenvalue weighted by Crippen LogP contribution is 2.19. The molecule has 0 aromatic carbocycles. The number of nitrogens with zero attached hydrogens (tertiary/aromatic N) is 2. The van der Waals surface area contributed by atoms with Crippen LogP contribution in [0.4, 0.5) is 5.82 Å². The first-order chi connectivity index (χ1) is 6.24. The normalized spacial score (nSPS) is 12.8. The van der Waals surface area contributed by atoms with Crippen LogP contribution in [0.25, 0.3) is 0 Å². The molecule has 5 N–H and O–H groups in total. The Kier molecular flexibility index (Phi) is 3.94. The van der Waals surface area contributed by atoms with E-state index in [1.54, 1.807) is 6.20 Å². The second-order valence-electron chi connectivity index (χ2n) is 2.45. The molecule has 1 rings (SSSR count). The molecule has 0 amide bonds. The highest BCUT2D eigenvalue weighted by Gasteiger charge is 2.05. The monoisotopic (exact) mass is 200 g/mol. The van der Waals surface area contributed by atoms with Gasteiger partial charge in [0.05, 0.1) is 6.10 Å². The maximum Gasteiger partial charge on any atom is 0.156 e. The number of aliphatic hydroxyl groups is 1. The molecule has 1 aromatic heterocycles. The third-order valence-electron chi connectivity index (χ3n) is 1.38. The summed E-state index contributed by atoms with van der Waals surface area (Å²) in [7, 11) is 0. The third kappa shape index (κ3) is 3.17. The molecule has 0 saturated heterocycles. The lowest BCUT2D eigenvalue weighted by molar-refractivity contribution is 0.208. The Labute approximate surface area is 80.6 Å². The van der Waals surface area contributed by atoms with Crippen LogP contribution in [-0.4, -0.2) is 33.5 Å². The van der Waals surface area contributed by atoms with Crippen molar-refractivity contribution in [2.75, 3.05) is 18.0 Å². The third-order valence-corrected chi connectivity index (χ3v) is 2.52. The van der Waals surface area contributed by atoms with Gasteiger partial charge >= 0.3 is 0 Å². The van der Waals surface area contributed by atoms with Gasteiger partial charge in [-0.15, -0.1) is 0 Å². The largest absolute Gasteiger partial charge is 0.391 e. The Morgan fingerprint density at radius 3 is 2.77 bits per heavy atom. The van der Waals surface area contributed by atoms with Crippen molar-refractivity contribution in [2.45, 2.75) is 11.1 Å². The SMILES string of the molecule is NCC(O)CSc1nccnc1N. The second-order valence-corrected chi connectivity index (χ2v) is 3.46. The van der Waals surface area contributed by atoms with Crippen LogP contribution >= 0.6 is 11.8 Å². The zero-order chi connectivity index (χ0) is 9.68. The molecule has 0 saturated carbocycles. The maximum atomic E-state index is 9.18. The fourth-order valence-electron chi connectivity index (χ4n) is 0.690. The first kappa shape index (κ1) is 10.2. The molecule has 72 valence electrons. The van der Waals surface area contributed by atoms with E-state index < -0.39 is 6.10 Å². The number of aliphatic hydroxyl groups excluding tert-OH is 1. The zero-order valence-electron chi connectivity index (χ0n) is 7.05. The van der Waals surface area contributed by atoms with E-state index in [-0.39, 0.29) is 6.54 Å². The predicted molar refractivity (Wildman–Crippen MR) is 52.2 cm³/mol. The number of thioether (sulfide) groups is 1. The molecule has 5 nitrogen and oxygen atoms in total. The van der Waals surface area contributed by atoms with Gasteiger partial charge in [0.25, 0.3) is 0 Å². The van der Waals surface area contributed by atoms with Gasteiger partial charge in [-0.1, -0.05) is 11.8 Å². The molecule has 13 heavy (non-hydrogen) atoms. The molecule has 0 aliphatic heterocycles. The maximum absolute atomic E-state index is 9.18. The van der Waals surface area contributed by atoms with E-state index >= 15 is 0 Å². The Morgan fingerprint density at radius 2 is 2.15 bits per heavy atom. The summed E-state index contributed by atoms with van der Waals surface area (Å²) in [6.07, 6.45) is 2.57. The molecular weight excluding hydrogens is 188 g/mol. The van der Waals surface area contributed by atoms with E-state index in [0.717, 1.165) is 0 Å². The lowest BCUT2D eigenvalue weighted by atomic mass is 10.4. The van der Waals surface area contributed by atoms with E-state index in [1.165, 1.54) is 18.0 Å². The molecule has 0 aliphatic rings. The summed E-state index contributed by atoms with van der Waals surface area (Å²) >= 11 is 1.35. The Balaban J connectivity index is 2.50. The van der Waals surface area contributed by atoms with E-state index in [9.17, 15) is 5.11 Å². The van der Waals surface area contributed by atoms with Crippen molar-refractivity contribution in [1.82, 2.24) is 9.97 Å². The Hall–Kier alpha value is -0.850. The van der Waals surface area contributed by atoms with Crippen molar-refractivity contribution >= 4 is 17.6 Å². The number of nitrogen functional groups attached to an aromatic ring is 1. The van der Waals surface area contributed by atoms with E-state index in [2.05, 4.69) is 9.97 Å². The summed E-state index contributed by atoms with van der Waals surface area (Å²) in [4.78, 5) is 7.87. The van der Waals surface area contributed by atoms with Crippen molar-refractivity contribution in [3.63, 3.8) is 0 Å². The van der Waals surface area contributed by atoms with Crippen LogP contribution in [0.5, 0.6) is 0 Å². The predicted octanol–water partition coefficient (Wildman–Crippen LogP) is -0.530. The van der Waals surface area contributed by atoms with Gasteiger partial charge in [-0.3, -0.25) is 0 Å². The van der Waals surface area contributed by atoms with Crippen LogP contribution < -0.4 is 11.5 Å². The first-order valence-electron chi connectivity index (χ1n) is 3.81. The number of hydrogen-bond donors (Lipinski definition) is 3. The molecule has 0 radical (unpaired) electrons. The summed E-state index contributed by atoms with van der Waals surface area (Å²) < 4.78 is 0. The van der Waals surface area contributed by atoms with Crippen LogP contribution in [0.1, 0.15) is 0 Å². The minimum atomic E-state index is -0.522. The number of aromatic nitrogens is 2. The van der Waals surface area contributed by atoms with Crippen molar-refractivity contribution < 1.29 is 5.11 Å². The van der Waals surface area contributed by atoms with Crippen molar-refractivity contribution in [3.8, 4) is 0 Å². The first-order valence-corrected chi connectivity index (χ1v) is 4.80. The van der Waals surface area contributed by atoms with Crippen LogP contribution in [0.15, 0.2) is 17.4 Å². The van der Waals surface area contributed by atoms with Gasteiger partial charge in [0.2, 0.25) is 0 Å². The van der Waals surface area contributed by atoms with Crippen molar-refractivity contribution in [1.29, 1.82) is 0 Å². The zero-order valence-corrected chi connectivity index (χ0v) is 7.87. The van der Waals surface area contributed by atoms with E-state index in [0.29, 0.717) is 16.6 Å². The fourth-order valence-corrected chi connectivity index (χ4v) is 1.51. The molecule has 1 heterocycles. The standard InChI is InChI=1S/C7H12N4OS/c8-3-5(12)4-13-7-6(9)10-1-2-11-7/h1-2,5,12H,3-4,8H2,(H2,9,10). The number of anilines is 1. The van der Waals surface area contributed by atoms with Crippen molar-refractivity contribution in [2.24, 2.45) is 5.73 Å². The van der Waals surface area contributed by atoms with Crippen molar-refractivity contribution in [3.05, 3.63) is 12.4 Å². The molecule has 0 spiro atoms. The summed E-state index contributed by atoms with van der Waals surface area (Å²) in [5.41, 5.74) is 10.8. The number of nitrogens with two attached hydrogens (primary N) is 2. The molecule has 0 bridgehead atoms. The Morgan fingerprint density at radius 1 is 1.46 bits per heavy atom. The van der Waals surface area contributed by atoms with Crippen LogP contribution in [0.3, 0.4) is 0 Å². The minimum Gasteiger partial charge on any atom is -0.391 e. The Bertz CT molecular complexity index is 270. The molecule has 0 fully saturated rings. The number of hydrogen-bond acceptors (Lipinski definition) is 6. The van der Waals surface area contributed by atoms with E-state index in [1.807, 2.05) is 0 Å². The molecule has 1 aromatic rings. The van der Waals surface area contributed by atoms with Gasteiger partial charge < -0.3 is 16.6 Å². The highest BCUT2D eigenvalue weighted by atomic mass is 32.2. The highest BCUT2D eigenvalue weighted by molar-refractivity contribution is 7.99. The number of rotatable bonds is 4. The minimum absolute atomic E-state index is 0.243. The van der Waals surface area contributed by atoms with Crippen LogP contribution in [0.2, 0.25) is 0 Å². The van der Waals surface area contributed by atoms with Gasteiger partial charge in [-0.25, -0.2) is 9.97 Å². The molecule has 0 aliphatic carbocycles. The fraction of sp³-hybridized carbons (Fsp3) is 0.429. The van der Waals surface area contributed by atoms with Gasteiger partial charge in [0, 0.05) is 24.7 Å². The summed E-state index contributed by atoms with van der Waals surface area (Å²) in [5, 5.41) is 9.81. The molecular formula is C7H12N4OS.